The number of hydrogen-bond acceptors (Lipinski definition) is 4. The number of carbonyl (C=O) groups excluding carboxylic acids is 1. The van der Waals surface area contributed by atoms with Crippen molar-refractivity contribution in [2.45, 2.75) is 13.8 Å². The van der Waals surface area contributed by atoms with Crippen LogP contribution in [0.3, 0.4) is 0 Å². The van der Waals surface area contributed by atoms with Gasteiger partial charge in [0.15, 0.2) is 16.3 Å². The van der Waals surface area contributed by atoms with Crippen molar-refractivity contribution < 1.29 is 14.3 Å². The Kier molecular flexibility index (Phi) is 4.63. The topological polar surface area (TPSA) is 52.8 Å². The largest absolute Gasteiger partial charge is 0.493 e. The lowest BCUT2D eigenvalue weighted by Crippen LogP contribution is -2.13. The maximum absolute atomic E-state index is 12.5. The van der Waals surface area contributed by atoms with Crippen LogP contribution in [-0.2, 0) is 7.05 Å². The maximum atomic E-state index is 12.5. The summed E-state index contributed by atoms with van der Waals surface area (Å²) in [6, 6.07) is 9.43. The van der Waals surface area contributed by atoms with Gasteiger partial charge >= 0.3 is 0 Å². The number of benzene rings is 2. The zero-order chi connectivity index (χ0) is 18.1. The standard InChI is InChI=1S/C19H20N2O3S/c1-11-6-7-13(8-12(11)2)18(22)20-19-21(3)14-9-15(23-4)16(24-5)10-17(14)25-19/h6-10H,1-5H3. The highest BCUT2D eigenvalue weighted by molar-refractivity contribution is 7.16. The van der Waals surface area contributed by atoms with E-state index in [1.54, 1.807) is 14.2 Å². The van der Waals surface area contributed by atoms with Crippen LogP contribution in [-0.4, -0.2) is 24.7 Å². The van der Waals surface area contributed by atoms with Crippen molar-refractivity contribution in [2.24, 2.45) is 12.0 Å². The Morgan fingerprint density at radius 3 is 2.36 bits per heavy atom. The van der Waals surface area contributed by atoms with Gasteiger partial charge in [0.1, 0.15) is 0 Å². The summed E-state index contributed by atoms with van der Waals surface area (Å²) >= 11 is 1.44. The molecule has 6 heteroatoms. The molecular formula is C19H20N2O3S. The van der Waals surface area contributed by atoms with Gasteiger partial charge in [-0.25, -0.2) is 0 Å². The second-order valence-corrected chi connectivity index (χ2v) is 6.84. The molecule has 0 atom stereocenters. The molecule has 0 saturated carbocycles. The molecule has 1 heterocycles. The van der Waals surface area contributed by atoms with Crippen LogP contribution >= 0.6 is 11.3 Å². The molecule has 0 radical (unpaired) electrons. The monoisotopic (exact) mass is 356 g/mol. The minimum atomic E-state index is -0.246. The maximum Gasteiger partial charge on any atom is 0.279 e. The van der Waals surface area contributed by atoms with E-state index in [4.69, 9.17) is 9.47 Å². The third-order valence-corrected chi connectivity index (χ3v) is 5.36. The van der Waals surface area contributed by atoms with Gasteiger partial charge in [-0.1, -0.05) is 17.4 Å². The molecule has 5 nitrogen and oxygen atoms in total. The number of hydrogen-bond donors (Lipinski definition) is 0. The highest BCUT2D eigenvalue weighted by Crippen LogP contribution is 2.33. The van der Waals surface area contributed by atoms with Crippen molar-refractivity contribution in [3.63, 3.8) is 0 Å². The van der Waals surface area contributed by atoms with Gasteiger partial charge in [-0.2, -0.15) is 4.99 Å². The first kappa shape index (κ1) is 17.2. The molecule has 0 saturated heterocycles. The zero-order valence-electron chi connectivity index (χ0n) is 14.9. The van der Waals surface area contributed by atoms with Crippen molar-refractivity contribution in [3.05, 3.63) is 51.8 Å². The molecule has 0 spiro atoms. The van der Waals surface area contributed by atoms with Crippen molar-refractivity contribution in [1.82, 2.24) is 4.57 Å². The van der Waals surface area contributed by atoms with Crippen molar-refractivity contribution >= 4 is 27.5 Å². The quantitative estimate of drug-likeness (QED) is 0.720. The Labute approximate surface area is 150 Å². The second kappa shape index (κ2) is 6.72. The van der Waals surface area contributed by atoms with Gasteiger partial charge < -0.3 is 14.0 Å². The minimum absolute atomic E-state index is 0.246. The number of ether oxygens (including phenoxy) is 2. The highest BCUT2D eigenvalue weighted by atomic mass is 32.1. The van der Waals surface area contributed by atoms with Gasteiger partial charge in [0.2, 0.25) is 0 Å². The predicted molar refractivity (Wildman–Crippen MR) is 99.7 cm³/mol. The fourth-order valence-corrected chi connectivity index (χ4v) is 3.61. The molecule has 1 amide bonds. The summed E-state index contributed by atoms with van der Waals surface area (Å²) in [4.78, 5) is 17.5. The summed E-state index contributed by atoms with van der Waals surface area (Å²) in [6.07, 6.45) is 0. The summed E-state index contributed by atoms with van der Waals surface area (Å²) < 4.78 is 13.6. The summed E-state index contributed by atoms with van der Waals surface area (Å²) in [6.45, 7) is 4.01. The molecule has 0 aliphatic rings. The molecule has 130 valence electrons. The van der Waals surface area contributed by atoms with E-state index >= 15 is 0 Å². The molecule has 25 heavy (non-hydrogen) atoms. The molecule has 0 unspecified atom stereocenters. The van der Waals surface area contributed by atoms with Crippen LogP contribution in [0, 0.1) is 13.8 Å². The number of fused-ring (bicyclic) bond motifs is 1. The van der Waals surface area contributed by atoms with Gasteiger partial charge in [-0.3, -0.25) is 4.79 Å². The van der Waals surface area contributed by atoms with Gasteiger partial charge in [-0.05, 0) is 37.1 Å². The predicted octanol–water partition coefficient (Wildman–Crippen LogP) is 3.61. The Balaban J connectivity index is 2.11. The Morgan fingerprint density at radius 1 is 1.04 bits per heavy atom. The van der Waals surface area contributed by atoms with Gasteiger partial charge in [-0.15, -0.1) is 0 Å². The summed E-state index contributed by atoms with van der Waals surface area (Å²) in [5.41, 5.74) is 3.77. The van der Waals surface area contributed by atoms with Crippen molar-refractivity contribution in [3.8, 4) is 11.5 Å². The molecule has 0 N–H and O–H groups in total. The van der Waals surface area contributed by atoms with E-state index in [0.29, 0.717) is 21.9 Å². The van der Waals surface area contributed by atoms with Crippen LogP contribution in [0.15, 0.2) is 35.3 Å². The highest BCUT2D eigenvalue weighted by Gasteiger charge is 2.12. The average molecular weight is 356 g/mol. The van der Waals surface area contributed by atoms with E-state index in [0.717, 1.165) is 21.3 Å². The lowest BCUT2D eigenvalue weighted by Gasteiger charge is -2.07. The summed E-state index contributed by atoms with van der Waals surface area (Å²) in [5.74, 6) is 1.06. The molecule has 0 aliphatic carbocycles. The number of rotatable bonds is 3. The second-order valence-electron chi connectivity index (χ2n) is 5.83. The third-order valence-electron chi connectivity index (χ3n) is 4.27. The van der Waals surface area contributed by atoms with Crippen LogP contribution in [0.25, 0.3) is 10.2 Å². The minimum Gasteiger partial charge on any atom is -0.493 e. The molecule has 0 aliphatic heterocycles. The van der Waals surface area contributed by atoms with E-state index in [1.165, 1.54) is 11.3 Å². The van der Waals surface area contributed by atoms with Crippen molar-refractivity contribution in [2.75, 3.05) is 14.2 Å². The van der Waals surface area contributed by atoms with E-state index < -0.39 is 0 Å². The summed E-state index contributed by atoms with van der Waals surface area (Å²) in [7, 11) is 5.09. The lowest BCUT2D eigenvalue weighted by atomic mass is 10.1. The first-order valence-electron chi connectivity index (χ1n) is 7.82. The third kappa shape index (κ3) is 3.17. The molecule has 0 fully saturated rings. The number of carbonyl (C=O) groups is 1. The lowest BCUT2D eigenvalue weighted by molar-refractivity contribution is 0.0998. The number of nitrogens with zero attached hydrogens (tertiary/aromatic N) is 2. The van der Waals surface area contributed by atoms with Crippen LogP contribution < -0.4 is 14.3 Å². The SMILES string of the molecule is COc1cc2sc(=NC(=O)c3ccc(C)c(C)c3)n(C)c2cc1OC. The van der Waals surface area contributed by atoms with E-state index in [2.05, 4.69) is 4.99 Å². The normalized spacial score (nSPS) is 11.8. The number of thiazole rings is 1. The molecule has 0 bridgehead atoms. The van der Waals surface area contributed by atoms with Crippen molar-refractivity contribution in [1.29, 1.82) is 0 Å². The Morgan fingerprint density at radius 2 is 1.72 bits per heavy atom. The molecule has 2 aromatic carbocycles. The first-order chi connectivity index (χ1) is 11.9. The van der Waals surface area contributed by atoms with Gasteiger partial charge in [0.05, 0.1) is 24.4 Å². The smallest absolute Gasteiger partial charge is 0.279 e. The first-order valence-corrected chi connectivity index (χ1v) is 8.64. The van der Waals surface area contributed by atoms with Crippen LogP contribution in [0.1, 0.15) is 21.5 Å². The Hall–Kier alpha value is -2.60. The fourth-order valence-electron chi connectivity index (χ4n) is 2.59. The number of aromatic nitrogens is 1. The van der Waals surface area contributed by atoms with E-state index in [-0.39, 0.29) is 5.91 Å². The van der Waals surface area contributed by atoms with Crippen LogP contribution in [0.5, 0.6) is 11.5 Å². The van der Waals surface area contributed by atoms with Crippen LogP contribution in [0.2, 0.25) is 0 Å². The average Bonchev–Trinajstić information content (AvgIpc) is 2.91. The summed E-state index contributed by atoms with van der Waals surface area (Å²) in [5, 5.41) is 0. The fraction of sp³-hybridized carbons (Fsp3) is 0.263. The Bertz CT molecular complexity index is 1030. The van der Waals surface area contributed by atoms with Gasteiger partial charge in [0.25, 0.3) is 5.91 Å². The zero-order valence-corrected chi connectivity index (χ0v) is 15.7. The number of amides is 1. The number of methoxy groups -OCH3 is 2. The molecule has 3 aromatic rings. The van der Waals surface area contributed by atoms with E-state index in [9.17, 15) is 4.79 Å². The number of aryl methyl sites for hydroxylation is 3. The molecule has 3 rings (SSSR count). The van der Waals surface area contributed by atoms with Crippen LogP contribution in [0.4, 0.5) is 0 Å². The van der Waals surface area contributed by atoms with Gasteiger partial charge in [0, 0.05) is 24.7 Å². The molecule has 1 aromatic heterocycles. The molecular weight excluding hydrogens is 336 g/mol. The van der Waals surface area contributed by atoms with E-state index in [1.807, 2.05) is 55.8 Å².